The fourth-order valence-corrected chi connectivity index (χ4v) is 6.30. The zero-order valence-electron chi connectivity index (χ0n) is 13.7. The highest BCUT2D eigenvalue weighted by Crippen LogP contribution is 2.64. The van der Waals surface area contributed by atoms with Crippen molar-refractivity contribution >= 4 is 0 Å². The highest BCUT2D eigenvalue weighted by Gasteiger charge is 2.60. The molecule has 0 spiro atoms. The SMILES string of the molecule is C[C@]12C=CC(N)C=C1CC(O)[C@@H]1[C@H]2CC[C@]2(C)C(O)CC[C@@H]12. The molecular weight excluding hydrogens is 274 g/mol. The van der Waals surface area contributed by atoms with E-state index in [2.05, 4.69) is 32.1 Å². The van der Waals surface area contributed by atoms with Gasteiger partial charge in [0.05, 0.1) is 12.2 Å². The minimum Gasteiger partial charge on any atom is -0.393 e. The van der Waals surface area contributed by atoms with E-state index in [1.165, 1.54) is 5.57 Å². The van der Waals surface area contributed by atoms with Crippen molar-refractivity contribution in [3.05, 3.63) is 23.8 Å². The summed E-state index contributed by atoms with van der Waals surface area (Å²) in [5, 5.41) is 21.4. The summed E-state index contributed by atoms with van der Waals surface area (Å²) in [5.74, 6) is 1.25. The van der Waals surface area contributed by atoms with Gasteiger partial charge in [0.2, 0.25) is 0 Å². The molecule has 3 saturated carbocycles. The maximum atomic E-state index is 10.9. The van der Waals surface area contributed by atoms with Crippen LogP contribution >= 0.6 is 0 Å². The molecule has 0 heterocycles. The molecule has 3 nitrogen and oxygen atoms in total. The minimum absolute atomic E-state index is 0.00557. The van der Waals surface area contributed by atoms with Crippen LogP contribution < -0.4 is 5.73 Å². The molecule has 4 N–H and O–H groups in total. The third-order valence-electron chi connectivity index (χ3n) is 7.68. The van der Waals surface area contributed by atoms with E-state index >= 15 is 0 Å². The Kier molecular flexibility index (Phi) is 3.18. The molecule has 0 aromatic carbocycles. The van der Waals surface area contributed by atoms with Crippen LogP contribution in [0.25, 0.3) is 0 Å². The molecule has 4 aliphatic carbocycles. The lowest BCUT2D eigenvalue weighted by Gasteiger charge is -2.58. The number of allylic oxidation sites excluding steroid dienone is 1. The zero-order chi connectivity index (χ0) is 15.7. The third kappa shape index (κ3) is 1.79. The summed E-state index contributed by atoms with van der Waals surface area (Å²) < 4.78 is 0. The topological polar surface area (TPSA) is 66.5 Å². The van der Waals surface area contributed by atoms with Gasteiger partial charge in [-0.15, -0.1) is 0 Å². The molecule has 3 unspecified atom stereocenters. The second kappa shape index (κ2) is 4.68. The lowest BCUT2D eigenvalue weighted by Crippen LogP contribution is -2.55. The van der Waals surface area contributed by atoms with Gasteiger partial charge in [0, 0.05) is 11.5 Å². The summed E-state index contributed by atoms with van der Waals surface area (Å²) in [4.78, 5) is 0. The fraction of sp³-hybridized carbons (Fsp3) is 0.789. The number of aliphatic hydroxyl groups excluding tert-OH is 2. The highest BCUT2D eigenvalue weighted by molar-refractivity contribution is 5.35. The molecule has 4 aliphatic rings. The summed E-state index contributed by atoms with van der Waals surface area (Å²) >= 11 is 0. The average Bonchev–Trinajstić information content (AvgIpc) is 2.77. The molecule has 0 aliphatic heterocycles. The summed E-state index contributed by atoms with van der Waals surface area (Å²) in [5.41, 5.74) is 7.45. The fourth-order valence-electron chi connectivity index (χ4n) is 6.30. The number of hydrogen-bond acceptors (Lipinski definition) is 3. The van der Waals surface area contributed by atoms with Crippen LogP contribution in [0, 0.1) is 28.6 Å². The molecule has 4 rings (SSSR count). The number of hydrogen-bond donors (Lipinski definition) is 3. The quantitative estimate of drug-likeness (QED) is 0.602. The molecule has 0 amide bonds. The second-order valence-corrected chi connectivity index (χ2v) is 8.61. The van der Waals surface area contributed by atoms with Crippen LogP contribution in [0.1, 0.15) is 46.0 Å². The van der Waals surface area contributed by atoms with E-state index in [0.717, 1.165) is 32.1 Å². The molecule has 0 bridgehead atoms. The molecule has 122 valence electrons. The molecule has 0 radical (unpaired) electrons. The normalized spacial score (nSPS) is 56.9. The maximum absolute atomic E-state index is 10.9. The first kappa shape index (κ1) is 14.9. The van der Waals surface area contributed by atoms with E-state index in [0.29, 0.717) is 17.8 Å². The van der Waals surface area contributed by atoms with E-state index < -0.39 is 0 Å². The minimum atomic E-state index is -0.280. The second-order valence-electron chi connectivity index (χ2n) is 8.61. The van der Waals surface area contributed by atoms with Crippen molar-refractivity contribution in [1.29, 1.82) is 0 Å². The van der Waals surface area contributed by atoms with Crippen LogP contribution in [-0.4, -0.2) is 28.5 Å². The molecule has 0 aromatic rings. The monoisotopic (exact) mass is 303 g/mol. The predicted molar refractivity (Wildman–Crippen MR) is 87.0 cm³/mol. The Morgan fingerprint density at radius 1 is 1.14 bits per heavy atom. The average molecular weight is 303 g/mol. The predicted octanol–water partition coefficient (Wildman–Crippen LogP) is 2.38. The molecule has 22 heavy (non-hydrogen) atoms. The molecule has 8 atom stereocenters. The summed E-state index contributed by atoms with van der Waals surface area (Å²) in [6.45, 7) is 4.58. The van der Waals surface area contributed by atoms with Gasteiger partial charge in [-0.05, 0) is 55.3 Å². The third-order valence-corrected chi connectivity index (χ3v) is 7.68. The van der Waals surface area contributed by atoms with Gasteiger partial charge in [0.1, 0.15) is 0 Å². The smallest absolute Gasteiger partial charge is 0.0611 e. The molecular formula is C19H29NO2. The summed E-state index contributed by atoms with van der Waals surface area (Å²) in [7, 11) is 0. The van der Waals surface area contributed by atoms with Crippen molar-refractivity contribution in [2.75, 3.05) is 0 Å². The Morgan fingerprint density at radius 2 is 1.91 bits per heavy atom. The van der Waals surface area contributed by atoms with Crippen LogP contribution in [0.5, 0.6) is 0 Å². The van der Waals surface area contributed by atoms with Gasteiger partial charge in [0.15, 0.2) is 0 Å². The van der Waals surface area contributed by atoms with Crippen molar-refractivity contribution in [2.45, 2.75) is 64.2 Å². The molecule has 3 fully saturated rings. The Labute approximate surface area is 133 Å². The lowest BCUT2D eigenvalue weighted by atomic mass is 9.47. The van der Waals surface area contributed by atoms with Gasteiger partial charge in [-0.1, -0.05) is 37.6 Å². The zero-order valence-corrected chi connectivity index (χ0v) is 13.7. The maximum Gasteiger partial charge on any atom is 0.0611 e. The largest absolute Gasteiger partial charge is 0.393 e. The van der Waals surface area contributed by atoms with Crippen molar-refractivity contribution < 1.29 is 10.2 Å². The van der Waals surface area contributed by atoms with Crippen molar-refractivity contribution in [1.82, 2.24) is 0 Å². The van der Waals surface area contributed by atoms with Gasteiger partial charge in [0.25, 0.3) is 0 Å². The first-order valence-corrected chi connectivity index (χ1v) is 8.88. The Morgan fingerprint density at radius 3 is 2.68 bits per heavy atom. The highest BCUT2D eigenvalue weighted by atomic mass is 16.3. The first-order chi connectivity index (χ1) is 10.4. The van der Waals surface area contributed by atoms with E-state index in [4.69, 9.17) is 5.73 Å². The number of nitrogens with two attached hydrogens (primary N) is 1. The standard InChI is InChI=1S/C19H29NO2/c1-18-7-5-12(20)9-11(18)10-15(21)17-13-3-4-16(22)19(13,2)8-6-14(17)18/h5,7,9,12-17,21-22H,3-4,6,8,10,20H2,1-2H3/t12?,13-,14+,15?,16?,17-,18-,19-/m0/s1. The van der Waals surface area contributed by atoms with E-state index in [1.54, 1.807) is 0 Å². The van der Waals surface area contributed by atoms with E-state index in [9.17, 15) is 10.2 Å². The summed E-state index contributed by atoms with van der Waals surface area (Å²) in [6, 6.07) is -0.00557. The van der Waals surface area contributed by atoms with E-state index in [1.807, 2.05) is 0 Å². The van der Waals surface area contributed by atoms with Gasteiger partial charge in [-0.2, -0.15) is 0 Å². The lowest BCUT2D eigenvalue weighted by molar-refractivity contribution is -0.108. The Balaban J connectivity index is 1.74. The number of fused-ring (bicyclic) bond motifs is 5. The Hall–Kier alpha value is -0.640. The van der Waals surface area contributed by atoms with Crippen LogP contribution in [0.15, 0.2) is 23.8 Å². The van der Waals surface area contributed by atoms with Crippen molar-refractivity contribution in [3.63, 3.8) is 0 Å². The number of aliphatic hydroxyl groups is 2. The summed E-state index contributed by atoms with van der Waals surface area (Å²) in [6.07, 6.45) is 11.0. The van der Waals surface area contributed by atoms with Gasteiger partial charge >= 0.3 is 0 Å². The van der Waals surface area contributed by atoms with Crippen LogP contribution in [0.2, 0.25) is 0 Å². The first-order valence-electron chi connectivity index (χ1n) is 8.88. The van der Waals surface area contributed by atoms with Crippen molar-refractivity contribution in [2.24, 2.45) is 34.3 Å². The van der Waals surface area contributed by atoms with Gasteiger partial charge < -0.3 is 15.9 Å². The molecule has 0 aromatic heterocycles. The van der Waals surface area contributed by atoms with E-state index in [-0.39, 0.29) is 29.1 Å². The van der Waals surface area contributed by atoms with Crippen LogP contribution in [0.3, 0.4) is 0 Å². The van der Waals surface area contributed by atoms with Crippen molar-refractivity contribution in [3.8, 4) is 0 Å². The number of rotatable bonds is 0. The van der Waals surface area contributed by atoms with Gasteiger partial charge in [-0.25, -0.2) is 0 Å². The van der Waals surface area contributed by atoms with Crippen LogP contribution in [0.4, 0.5) is 0 Å². The Bertz CT molecular complexity index is 542. The molecule has 0 saturated heterocycles. The molecule has 3 heteroatoms. The van der Waals surface area contributed by atoms with Crippen LogP contribution in [-0.2, 0) is 0 Å². The van der Waals surface area contributed by atoms with Gasteiger partial charge in [-0.3, -0.25) is 0 Å².